The molecular formula is C10H16N2O2. The van der Waals surface area contributed by atoms with E-state index in [1.165, 1.54) is 12.3 Å². The van der Waals surface area contributed by atoms with E-state index < -0.39 is 4.92 Å². The molecule has 0 aliphatic heterocycles. The maximum absolute atomic E-state index is 10.2. The summed E-state index contributed by atoms with van der Waals surface area (Å²) in [4.78, 5) is 13.7. The van der Waals surface area contributed by atoms with E-state index in [0.717, 1.165) is 18.5 Å². The normalized spacial score (nSPS) is 8.79. The second kappa shape index (κ2) is 7.00. The molecule has 0 amide bonds. The molecule has 0 aliphatic carbocycles. The van der Waals surface area contributed by atoms with Gasteiger partial charge in [-0.15, -0.1) is 0 Å². The summed E-state index contributed by atoms with van der Waals surface area (Å²) in [7, 11) is 0. The molecule has 14 heavy (non-hydrogen) atoms. The highest BCUT2D eigenvalue weighted by atomic mass is 16.6. The van der Waals surface area contributed by atoms with Crippen LogP contribution in [0.1, 0.15) is 32.9 Å². The highest BCUT2D eigenvalue weighted by molar-refractivity contribution is 5.26. The quantitative estimate of drug-likeness (QED) is 0.551. The molecule has 0 aliphatic rings. The molecule has 0 aromatic carbocycles. The van der Waals surface area contributed by atoms with Crippen molar-refractivity contribution in [2.24, 2.45) is 0 Å². The van der Waals surface area contributed by atoms with Gasteiger partial charge >= 0.3 is 0 Å². The predicted octanol–water partition coefficient (Wildman–Crippen LogP) is 2.97. The Morgan fingerprint density at radius 2 is 2.07 bits per heavy atom. The highest BCUT2D eigenvalue weighted by Gasteiger charge is 2.03. The van der Waals surface area contributed by atoms with Crippen molar-refractivity contribution in [3.8, 4) is 0 Å². The van der Waals surface area contributed by atoms with E-state index in [0.29, 0.717) is 0 Å². The second-order valence-corrected chi connectivity index (χ2v) is 2.51. The standard InChI is InChI=1S/C8H10N2O2.C2H6/c1-2-3-7-4-5-8(6-9-7)10(11)12;1-2/h4-6H,2-3H2,1H3;1-2H3. The Hall–Kier alpha value is -1.45. The first-order valence-corrected chi connectivity index (χ1v) is 4.83. The first-order chi connectivity index (χ1) is 6.74. The lowest BCUT2D eigenvalue weighted by Gasteiger charge is -1.95. The molecule has 0 atom stereocenters. The number of pyridine rings is 1. The molecule has 0 bridgehead atoms. The molecule has 4 heteroatoms. The number of aromatic nitrogens is 1. The zero-order chi connectivity index (χ0) is 11.0. The SMILES string of the molecule is CC.CCCc1ccc([N+](=O)[O-])cn1. The van der Waals surface area contributed by atoms with Gasteiger partial charge in [-0.3, -0.25) is 15.1 Å². The predicted molar refractivity (Wildman–Crippen MR) is 56.2 cm³/mol. The van der Waals surface area contributed by atoms with E-state index in [1.54, 1.807) is 6.07 Å². The van der Waals surface area contributed by atoms with Crippen LogP contribution in [-0.4, -0.2) is 9.91 Å². The monoisotopic (exact) mass is 196 g/mol. The minimum absolute atomic E-state index is 0.0508. The third-order valence-electron chi connectivity index (χ3n) is 1.53. The van der Waals surface area contributed by atoms with Gasteiger partial charge in [-0.25, -0.2) is 0 Å². The lowest BCUT2D eigenvalue weighted by molar-refractivity contribution is -0.385. The van der Waals surface area contributed by atoms with E-state index in [2.05, 4.69) is 4.98 Å². The molecule has 1 rings (SSSR count). The first kappa shape index (κ1) is 12.6. The summed E-state index contributed by atoms with van der Waals surface area (Å²) < 4.78 is 0. The molecule has 1 aromatic rings. The lowest BCUT2D eigenvalue weighted by Crippen LogP contribution is -1.92. The molecule has 0 saturated carbocycles. The second-order valence-electron chi connectivity index (χ2n) is 2.51. The van der Waals surface area contributed by atoms with Crippen LogP contribution >= 0.6 is 0 Å². The van der Waals surface area contributed by atoms with Gasteiger partial charge in [0.1, 0.15) is 6.20 Å². The number of aryl methyl sites for hydroxylation is 1. The van der Waals surface area contributed by atoms with E-state index in [4.69, 9.17) is 0 Å². The fourth-order valence-electron chi connectivity index (χ4n) is 0.929. The van der Waals surface area contributed by atoms with Crippen molar-refractivity contribution in [3.63, 3.8) is 0 Å². The minimum Gasteiger partial charge on any atom is -0.258 e. The van der Waals surface area contributed by atoms with Crippen molar-refractivity contribution < 1.29 is 4.92 Å². The van der Waals surface area contributed by atoms with Gasteiger partial charge in [0, 0.05) is 11.8 Å². The lowest BCUT2D eigenvalue weighted by atomic mass is 10.2. The van der Waals surface area contributed by atoms with Crippen LogP contribution in [0.3, 0.4) is 0 Å². The van der Waals surface area contributed by atoms with Gasteiger partial charge in [-0.2, -0.15) is 0 Å². The van der Waals surface area contributed by atoms with Crippen LogP contribution in [0.2, 0.25) is 0 Å². The van der Waals surface area contributed by atoms with Crippen molar-refractivity contribution in [2.45, 2.75) is 33.6 Å². The summed E-state index contributed by atoms with van der Waals surface area (Å²) in [6.07, 6.45) is 3.17. The van der Waals surface area contributed by atoms with Gasteiger partial charge in [-0.1, -0.05) is 27.2 Å². The summed E-state index contributed by atoms with van der Waals surface area (Å²) in [5, 5.41) is 10.2. The fourth-order valence-corrected chi connectivity index (χ4v) is 0.929. The summed E-state index contributed by atoms with van der Waals surface area (Å²) in [6, 6.07) is 3.18. The van der Waals surface area contributed by atoms with E-state index in [1.807, 2.05) is 20.8 Å². The van der Waals surface area contributed by atoms with Crippen LogP contribution in [0.15, 0.2) is 18.3 Å². The molecule has 0 saturated heterocycles. The van der Waals surface area contributed by atoms with Crippen LogP contribution in [0.25, 0.3) is 0 Å². The Labute approximate surface area is 84.1 Å². The van der Waals surface area contributed by atoms with Crippen LogP contribution < -0.4 is 0 Å². The maximum Gasteiger partial charge on any atom is 0.287 e. The van der Waals surface area contributed by atoms with Crippen LogP contribution in [0.4, 0.5) is 5.69 Å². The van der Waals surface area contributed by atoms with Gasteiger partial charge < -0.3 is 0 Å². The topological polar surface area (TPSA) is 56.0 Å². The smallest absolute Gasteiger partial charge is 0.258 e. The molecule has 0 radical (unpaired) electrons. The molecular weight excluding hydrogens is 180 g/mol. The van der Waals surface area contributed by atoms with Gasteiger partial charge in [0.15, 0.2) is 0 Å². The molecule has 1 aromatic heterocycles. The van der Waals surface area contributed by atoms with Gasteiger partial charge in [0.05, 0.1) is 4.92 Å². The van der Waals surface area contributed by atoms with E-state index in [9.17, 15) is 10.1 Å². The summed E-state index contributed by atoms with van der Waals surface area (Å²) in [6.45, 7) is 6.04. The summed E-state index contributed by atoms with van der Waals surface area (Å²) in [5.74, 6) is 0. The zero-order valence-electron chi connectivity index (χ0n) is 8.86. The average molecular weight is 196 g/mol. The Bertz CT molecular complexity index is 270. The third-order valence-corrected chi connectivity index (χ3v) is 1.53. The number of hydrogen-bond acceptors (Lipinski definition) is 3. The Balaban J connectivity index is 0.000000791. The van der Waals surface area contributed by atoms with E-state index in [-0.39, 0.29) is 5.69 Å². The fraction of sp³-hybridized carbons (Fsp3) is 0.500. The maximum atomic E-state index is 10.2. The first-order valence-electron chi connectivity index (χ1n) is 4.83. The van der Waals surface area contributed by atoms with Crippen molar-refractivity contribution >= 4 is 5.69 Å². The Morgan fingerprint density at radius 3 is 2.43 bits per heavy atom. The number of nitrogens with zero attached hydrogens (tertiary/aromatic N) is 2. The molecule has 78 valence electrons. The zero-order valence-corrected chi connectivity index (χ0v) is 8.86. The van der Waals surface area contributed by atoms with E-state index >= 15 is 0 Å². The third kappa shape index (κ3) is 3.98. The summed E-state index contributed by atoms with van der Waals surface area (Å²) >= 11 is 0. The van der Waals surface area contributed by atoms with Gasteiger partial charge in [0.2, 0.25) is 0 Å². The van der Waals surface area contributed by atoms with Crippen LogP contribution in [-0.2, 0) is 6.42 Å². The number of hydrogen-bond donors (Lipinski definition) is 0. The van der Waals surface area contributed by atoms with Gasteiger partial charge in [-0.05, 0) is 12.5 Å². The van der Waals surface area contributed by atoms with Crippen molar-refractivity contribution in [2.75, 3.05) is 0 Å². The van der Waals surface area contributed by atoms with Crippen molar-refractivity contribution in [3.05, 3.63) is 34.1 Å². The summed E-state index contributed by atoms with van der Waals surface area (Å²) in [5.41, 5.74) is 0.956. The molecule has 4 nitrogen and oxygen atoms in total. The molecule has 0 fully saturated rings. The molecule has 1 heterocycles. The van der Waals surface area contributed by atoms with Gasteiger partial charge in [0.25, 0.3) is 5.69 Å². The van der Waals surface area contributed by atoms with Crippen LogP contribution in [0.5, 0.6) is 0 Å². The highest BCUT2D eigenvalue weighted by Crippen LogP contribution is 2.09. The van der Waals surface area contributed by atoms with Crippen molar-refractivity contribution in [1.82, 2.24) is 4.98 Å². The minimum atomic E-state index is -0.442. The number of nitro groups is 1. The Kier molecular flexibility index (Phi) is 6.28. The Morgan fingerprint density at radius 1 is 1.43 bits per heavy atom. The van der Waals surface area contributed by atoms with Crippen LogP contribution in [0, 0.1) is 10.1 Å². The largest absolute Gasteiger partial charge is 0.287 e. The molecule has 0 N–H and O–H groups in total. The molecule has 0 spiro atoms. The van der Waals surface area contributed by atoms with Crippen molar-refractivity contribution in [1.29, 1.82) is 0 Å². The number of rotatable bonds is 3. The average Bonchev–Trinajstić information content (AvgIpc) is 2.22. The molecule has 0 unspecified atom stereocenters.